The molecule has 0 saturated carbocycles. The largest absolute Gasteiger partial charge is 0.466 e. The van der Waals surface area contributed by atoms with Crippen molar-refractivity contribution in [3.05, 3.63) is 53.2 Å². The van der Waals surface area contributed by atoms with Gasteiger partial charge < -0.3 is 19.0 Å². The van der Waals surface area contributed by atoms with Gasteiger partial charge >= 0.3 is 0 Å². The van der Waals surface area contributed by atoms with E-state index in [2.05, 4.69) is 0 Å². The summed E-state index contributed by atoms with van der Waals surface area (Å²) in [5.74, 6) is 0.839. The number of morpholine rings is 1. The predicted molar refractivity (Wildman–Crippen MR) is 101 cm³/mol. The van der Waals surface area contributed by atoms with Gasteiger partial charge in [0, 0.05) is 18.8 Å². The summed E-state index contributed by atoms with van der Waals surface area (Å²) in [7, 11) is 0. The Kier molecular flexibility index (Phi) is 4.71. The summed E-state index contributed by atoms with van der Waals surface area (Å²) < 4.78 is 24.6. The molecular formula is C21H23FN2O4. The topological polar surface area (TPSA) is 63.0 Å². The molecule has 0 bridgehead atoms. The number of carbonyl (C=O) groups is 2. The fourth-order valence-corrected chi connectivity index (χ4v) is 4.00. The highest BCUT2D eigenvalue weighted by molar-refractivity contribution is 5.96. The third-order valence-corrected chi connectivity index (χ3v) is 5.62. The number of likely N-dealkylation sites (tertiary alicyclic amines) is 1. The lowest BCUT2D eigenvalue weighted by molar-refractivity contribution is -0.143. The van der Waals surface area contributed by atoms with E-state index in [0.29, 0.717) is 49.5 Å². The molecule has 2 fully saturated rings. The van der Waals surface area contributed by atoms with Gasteiger partial charge in [0.1, 0.15) is 23.9 Å². The normalized spacial score (nSPS) is 19.3. The zero-order valence-corrected chi connectivity index (χ0v) is 16.0. The fraction of sp³-hybridized carbons (Fsp3) is 0.429. The molecule has 148 valence electrons. The number of benzene rings is 1. The molecule has 2 aliphatic heterocycles. The average molecular weight is 386 g/mol. The van der Waals surface area contributed by atoms with Crippen molar-refractivity contribution >= 4 is 17.5 Å². The van der Waals surface area contributed by atoms with E-state index in [1.54, 1.807) is 30.0 Å². The van der Waals surface area contributed by atoms with Crippen molar-refractivity contribution in [2.75, 3.05) is 31.1 Å². The highest BCUT2D eigenvalue weighted by Gasteiger charge is 2.43. The van der Waals surface area contributed by atoms with E-state index in [1.807, 2.05) is 11.8 Å². The first-order valence-corrected chi connectivity index (χ1v) is 9.43. The van der Waals surface area contributed by atoms with Gasteiger partial charge in [0.2, 0.25) is 0 Å². The minimum atomic E-state index is -0.486. The summed E-state index contributed by atoms with van der Waals surface area (Å²) in [6.45, 7) is 5.12. The number of amides is 2. The molecule has 2 saturated heterocycles. The van der Waals surface area contributed by atoms with Crippen LogP contribution in [-0.4, -0.2) is 48.6 Å². The number of halogens is 1. The van der Waals surface area contributed by atoms with E-state index in [9.17, 15) is 14.0 Å². The molecule has 0 atom stereocenters. The second-order valence-corrected chi connectivity index (χ2v) is 7.55. The van der Waals surface area contributed by atoms with Crippen molar-refractivity contribution in [1.29, 1.82) is 0 Å². The quantitative estimate of drug-likeness (QED) is 0.796. The van der Waals surface area contributed by atoms with Crippen LogP contribution in [0.2, 0.25) is 0 Å². The summed E-state index contributed by atoms with van der Waals surface area (Å²) in [5.41, 5.74) is 0.777. The van der Waals surface area contributed by atoms with E-state index < -0.39 is 5.60 Å². The Morgan fingerprint density at radius 2 is 1.82 bits per heavy atom. The van der Waals surface area contributed by atoms with Gasteiger partial charge in [-0.25, -0.2) is 4.39 Å². The molecular weight excluding hydrogens is 363 g/mol. The van der Waals surface area contributed by atoms with Crippen LogP contribution in [-0.2, 0) is 9.53 Å². The maximum atomic E-state index is 13.2. The standard InChI is InChI=1S/C21H23FN2O4/c1-14-11-18(15(2)28-14)20(26)23-9-7-21(8-10-23)13-24(19(25)12-27-21)17-5-3-16(22)4-6-17/h3-6,11H,7-10,12-13H2,1-2H3. The molecule has 1 spiro atoms. The second-order valence-electron chi connectivity index (χ2n) is 7.55. The molecule has 0 unspecified atom stereocenters. The zero-order valence-electron chi connectivity index (χ0n) is 16.0. The highest BCUT2D eigenvalue weighted by Crippen LogP contribution is 2.33. The molecule has 2 aliphatic rings. The van der Waals surface area contributed by atoms with Crippen molar-refractivity contribution in [3.63, 3.8) is 0 Å². The average Bonchev–Trinajstić information content (AvgIpc) is 3.03. The van der Waals surface area contributed by atoms with Crippen LogP contribution in [0.25, 0.3) is 0 Å². The molecule has 0 aliphatic carbocycles. The lowest BCUT2D eigenvalue weighted by Crippen LogP contribution is -2.59. The van der Waals surface area contributed by atoms with Gasteiger partial charge in [-0.1, -0.05) is 0 Å². The van der Waals surface area contributed by atoms with Crippen LogP contribution in [0.1, 0.15) is 34.7 Å². The predicted octanol–water partition coefficient (Wildman–Crippen LogP) is 3.07. The number of nitrogens with zero attached hydrogens (tertiary/aromatic N) is 2. The van der Waals surface area contributed by atoms with Crippen LogP contribution < -0.4 is 4.90 Å². The molecule has 4 rings (SSSR count). The number of piperidine rings is 1. The van der Waals surface area contributed by atoms with Crippen molar-refractivity contribution in [3.8, 4) is 0 Å². The van der Waals surface area contributed by atoms with Crippen molar-refractivity contribution < 1.29 is 23.1 Å². The molecule has 1 aromatic carbocycles. The van der Waals surface area contributed by atoms with E-state index >= 15 is 0 Å². The van der Waals surface area contributed by atoms with Gasteiger partial charge in [-0.3, -0.25) is 9.59 Å². The Labute approximate surface area is 162 Å². The number of carbonyl (C=O) groups excluding carboxylic acids is 2. The highest BCUT2D eigenvalue weighted by atomic mass is 19.1. The van der Waals surface area contributed by atoms with E-state index in [1.165, 1.54) is 12.1 Å². The molecule has 28 heavy (non-hydrogen) atoms. The van der Waals surface area contributed by atoms with E-state index in [0.717, 1.165) is 5.76 Å². The number of rotatable bonds is 2. The van der Waals surface area contributed by atoms with Gasteiger partial charge in [-0.05, 0) is 57.0 Å². The summed E-state index contributed by atoms with van der Waals surface area (Å²) in [4.78, 5) is 28.6. The molecule has 1 aromatic heterocycles. The number of hydrogen-bond acceptors (Lipinski definition) is 4. The first-order valence-electron chi connectivity index (χ1n) is 9.43. The molecule has 3 heterocycles. The monoisotopic (exact) mass is 386 g/mol. The Hall–Kier alpha value is -2.67. The molecule has 0 N–H and O–H groups in total. The van der Waals surface area contributed by atoms with E-state index in [-0.39, 0.29) is 24.2 Å². The molecule has 2 amide bonds. The molecule has 6 nitrogen and oxygen atoms in total. The number of aryl methyl sites for hydroxylation is 2. The molecule has 0 radical (unpaired) electrons. The maximum absolute atomic E-state index is 13.2. The van der Waals surface area contributed by atoms with Gasteiger partial charge in [0.05, 0.1) is 17.7 Å². The van der Waals surface area contributed by atoms with Gasteiger partial charge in [0.15, 0.2) is 0 Å². The van der Waals surface area contributed by atoms with Crippen molar-refractivity contribution in [2.45, 2.75) is 32.3 Å². The lowest BCUT2D eigenvalue weighted by Gasteiger charge is -2.47. The van der Waals surface area contributed by atoms with Crippen LogP contribution in [0.3, 0.4) is 0 Å². The second kappa shape index (κ2) is 7.05. The lowest BCUT2D eigenvalue weighted by atomic mass is 9.88. The zero-order chi connectivity index (χ0) is 19.9. The first-order chi connectivity index (χ1) is 13.4. The Bertz CT molecular complexity index is 898. The number of hydrogen-bond donors (Lipinski definition) is 0. The van der Waals surface area contributed by atoms with Crippen LogP contribution in [0, 0.1) is 19.7 Å². The number of anilines is 1. The SMILES string of the molecule is Cc1cc(C(=O)N2CCC3(CC2)CN(c2ccc(F)cc2)C(=O)CO3)c(C)o1. The van der Waals surface area contributed by atoms with Crippen LogP contribution in [0.15, 0.2) is 34.7 Å². The minimum Gasteiger partial charge on any atom is -0.466 e. The van der Waals surface area contributed by atoms with Crippen LogP contribution in [0.5, 0.6) is 0 Å². The van der Waals surface area contributed by atoms with E-state index in [4.69, 9.17) is 9.15 Å². The summed E-state index contributed by atoms with van der Waals surface area (Å²) in [5, 5.41) is 0. The Morgan fingerprint density at radius 3 is 2.43 bits per heavy atom. The van der Waals surface area contributed by atoms with Crippen LogP contribution in [0.4, 0.5) is 10.1 Å². The molecule has 7 heteroatoms. The van der Waals surface area contributed by atoms with Gasteiger partial charge in [-0.2, -0.15) is 0 Å². The fourth-order valence-electron chi connectivity index (χ4n) is 4.00. The summed E-state index contributed by atoms with van der Waals surface area (Å²) in [6.07, 6.45) is 1.28. The summed E-state index contributed by atoms with van der Waals surface area (Å²) >= 11 is 0. The minimum absolute atomic E-state index is 0.00858. The Morgan fingerprint density at radius 1 is 1.14 bits per heavy atom. The smallest absolute Gasteiger partial charge is 0.257 e. The van der Waals surface area contributed by atoms with Crippen molar-refractivity contribution in [1.82, 2.24) is 4.90 Å². The first kappa shape index (κ1) is 18.7. The third-order valence-electron chi connectivity index (χ3n) is 5.62. The van der Waals surface area contributed by atoms with Gasteiger partial charge in [-0.15, -0.1) is 0 Å². The van der Waals surface area contributed by atoms with Crippen molar-refractivity contribution in [2.24, 2.45) is 0 Å². The third kappa shape index (κ3) is 3.42. The maximum Gasteiger partial charge on any atom is 0.257 e. The number of furan rings is 1. The number of ether oxygens (including phenoxy) is 1. The Balaban J connectivity index is 1.46. The summed E-state index contributed by atoms with van der Waals surface area (Å²) in [6, 6.07) is 7.68. The molecule has 2 aromatic rings. The van der Waals surface area contributed by atoms with Crippen LogP contribution >= 0.6 is 0 Å². The van der Waals surface area contributed by atoms with Gasteiger partial charge in [0.25, 0.3) is 11.8 Å².